The molecule has 1 fully saturated rings. The maximum Gasteiger partial charge on any atom is 0.272 e. The maximum absolute atomic E-state index is 14.2. The van der Waals surface area contributed by atoms with E-state index in [1.807, 2.05) is 6.07 Å². The van der Waals surface area contributed by atoms with Gasteiger partial charge in [0.2, 0.25) is 5.28 Å². The fraction of sp³-hybridized carbons (Fsp3) is 0.318. The Kier molecular flexibility index (Phi) is 5.34. The molecule has 10 heteroatoms. The highest BCUT2D eigenvalue weighted by Gasteiger charge is 2.24. The number of imidazole rings is 1. The van der Waals surface area contributed by atoms with Crippen molar-refractivity contribution >= 4 is 28.7 Å². The lowest BCUT2D eigenvalue weighted by Crippen LogP contribution is -2.24. The predicted molar refractivity (Wildman–Crippen MR) is 118 cm³/mol. The zero-order valence-corrected chi connectivity index (χ0v) is 18.2. The number of benzene rings is 1. The van der Waals surface area contributed by atoms with Gasteiger partial charge in [0.25, 0.3) is 5.91 Å². The molecule has 1 amide bonds. The largest absolute Gasteiger partial charge is 0.347 e. The average Bonchev–Trinajstić information content (AvgIpc) is 3.51. The van der Waals surface area contributed by atoms with Gasteiger partial charge in [0, 0.05) is 31.3 Å². The van der Waals surface area contributed by atoms with Crippen LogP contribution in [0.15, 0.2) is 30.6 Å². The number of amides is 1. The molecule has 0 spiro atoms. The highest BCUT2D eigenvalue weighted by atomic mass is 35.5. The van der Waals surface area contributed by atoms with Crippen molar-refractivity contribution in [1.29, 1.82) is 0 Å². The summed E-state index contributed by atoms with van der Waals surface area (Å²) in [6.45, 7) is 0.122. The van der Waals surface area contributed by atoms with Crippen molar-refractivity contribution in [3.05, 3.63) is 58.8 Å². The van der Waals surface area contributed by atoms with E-state index in [9.17, 15) is 9.18 Å². The third-order valence-corrected chi connectivity index (χ3v) is 5.92. The van der Waals surface area contributed by atoms with E-state index in [1.165, 1.54) is 12.1 Å². The summed E-state index contributed by atoms with van der Waals surface area (Å²) in [6.07, 6.45) is 7.91. The Balaban J connectivity index is 1.39. The van der Waals surface area contributed by atoms with Crippen molar-refractivity contribution in [2.75, 3.05) is 0 Å². The van der Waals surface area contributed by atoms with Gasteiger partial charge in [-0.2, -0.15) is 10.1 Å². The van der Waals surface area contributed by atoms with Gasteiger partial charge in [0.05, 0.1) is 6.20 Å². The molecule has 0 bridgehead atoms. The van der Waals surface area contributed by atoms with Crippen LogP contribution in [0, 0.1) is 5.82 Å². The fourth-order valence-electron chi connectivity index (χ4n) is 4.20. The molecule has 1 saturated carbocycles. The lowest BCUT2D eigenvalue weighted by Gasteiger charge is -2.08. The number of hydrogen-bond acceptors (Lipinski definition) is 5. The predicted octanol–water partition coefficient (Wildman–Crippen LogP) is 4.13. The first-order valence-electron chi connectivity index (χ1n) is 10.5. The van der Waals surface area contributed by atoms with Crippen molar-refractivity contribution < 1.29 is 9.18 Å². The van der Waals surface area contributed by atoms with Gasteiger partial charge in [-0.15, -0.1) is 0 Å². The molecule has 4 aromatic rings. The van der Waals surface area contributed by atoms with E-state index in [-0.39, 0.29) is 17.5 Å². The monoisotopic (exact) mass is 453 g/mol. The molecule has 3 aromatic heterocycles. The van der Waals surface area contributed by atoms with Crippen LogP contribution in [0.3, 0.4) is 0 Å². The van der Waals surface area contributed by atoms with Gasteiger partial charge in [-0.05, 0) is 53.8 Å². The number of aromatic nitrogens is 6. The molecule has 2 N–H and O–H groups in total. The summed E-state index contributed by atoms with van der Waals surface area (Å²) in [6, 6.07) is 4.64. The summed E-state index contributed by atoms with van der Waals surface area (Å²) in [7, 11) is 1.80. The molecule has 1 aliphatic carbocycles. The van der Waals surface area contributed by atoms with Crippen LogP contribution >= 0.6 is 11.6 Å². The third kappa shape index (κ3) is 4.08. The first-order valence-corrected chi connectivity index (χ1v) is 10.8. The number of carbonyl (C=O) groups excluding carboxylic acids is 1. The Morgan fingerprint density at radius 1 is 1.22 bits per heavy atom. The number of rotatable bonds is 5. The van der Waals surface area contributed by atoms with E-state index >= 15 is 0 Å². The van der Waals surface area contributed by atoms with Crippen molar-refractivity contribution in [3.8, 4) is 11.1 Å². The lowest BCUT2D eigenvalue weighted by molar-refractivity contribution is 0.0947. The van der Waals surface area contributed by atoms with Crippen LogP contribution in [0.1, 0.15) is 53.5 Å². The highest BCUT2D eigenvalue weighted by Crippen LogP contribution is 2.33. The van der Waals surface area contributed by atoms with Crippen LogP contribution in [0.25, 0.3) is 22.3 Å². The van der Waals surface area contributed by atoms with Gasteiger partial charge in [0.15, 0.2) is 11.3 Å². The van der Waals surface area contributed by atoms with E-state index in [0.717, 1.165) is 37.1 Å². The van der Waals surface area contributed by atoms with Crippen LogP contribution in [-0.2, 0) is 13.6 Å². The summed E-state index contributed by atoms with van der Waals surface area (Å²) in [5.41, 5.74) is 3.06. The fourth-order valence-corrected chi connectivity index (χ4v) is 4.37. The molecule has 0 unspecified atom stereocenters. The Morgan fingerprint density at radius 2 is 2.03 bits per heavy atom. The van der Waals surface area contributed by atoms with E-state index in [2.05, 4.69) is 30.4 Å². The molecule has 0 saturated heterocycles. The van der Waals surface area contributed by atoms with Gasteiger partial charge in [-0.1, -0.05) is 12.8 Å². The zero-order chi connectivity index (χ0) is 22.2. The van der Waals surface area contributed by atoms with E-state index in [4.69, 9.17) is 11.6 Å². The van der Waals surface area contributed by atoms with E-state index < -0.39 is 11.7 Å². The number of fused-ring (bicyclic) bond motifs is 1. The van der Waals surface area contributed by atoms with Crippen molar-refractivity contribution in [2.24, 2.45) is 7.05 Å². The van der Waals surface area contributed by atoms with Crippen molar-refractivity contribution in [2.45, 2.75) is 38.1 Å². The Bertz CT molecular complexity index is 1310. The third-order valence-electron chi connectivity index (χ3n) is 5.75. The number of nitrogens with zero attached hydrogens (tertiary/aromatic N) is 5. The van der Waals surface area contributed by atoms with Crippen LogP contribution in [-0.4, -0.2) is 35.6 Å². The Labute approximate surface area is 188 Å². The molecule has 1 aromatic carbocycles. The summed E-state index contributed by atoms with van der Waals surface area (Å²) < 4.78 is 15.8. The number of carbonyl (C=O) groups is 1. The zero-order valence-electron chi connectivity index (χ0n) is 17.4. The number of aryl methyl sites for hydroxylation is 1. The maximum atomic E-state index is 14.2. The molecule has 3 heterocycles. The van der Waals surface area contributed by atoms with E-state index in [0.29, 0.717) is 28.2 Å². The standard InChI is InChI=1S/C22H21ClFN7O/c1-31-11-15(10-26-31)14-6-12(7-16(24)8-14)9-25-21(32)18-17-20(30-22(23)28-18)29-19(27-17)13-4-2-3-5-13/h6-8,10-11,13H,2-5,9H2,1H3,(H,25,32)(H,27,28,29,30). The summed E-state index contributed by atoms with van der Waals surface area (Å²) >= 11 is 6.05. The average molecular weight is 454 g/mol. The second kappa shape index (κ2) is 8.31. The van der Waals surface area contributed by atoms with Crippen molar-refractivity contribution in [3.63, 3.8) is 0 Å². The first-order chi connectivity index (χ1) is 15.5. The van der Waals surface area contributed by atoms with Gasteiger partial charge in [-0.3, -0.25) is 9.48 Å². The van der Waals surface area contributed by atoms with Crippen LogP contribution < -0.4 is 5.32 Å². The SMILES string of the molecule is Cn1cc(-c2cc(F)cc(CNC(=O)c3nc(Cl)nc4nc(C5CCCC5)[nH]c34)c2)cn1. The number of halogens is 2. The minimum Gasteiger partial charge on any atom is -0.347 e. The first kappa shape index (κ1) is 20.6. The van der Waals surface area contributed by atoms with Crippen LogP contribution in [0.4, 0.5) is 4.39 Å². The van der Waals surface area contributed by atoms with Gasteiger partial charge in [-0.25, -0.2) is 14.4 Å². The molecule has 5 rings (SSSR count). The highest BCUT2D eigenvalue weighted by molar-refractivity contribution is 6.28. The number of aromatic amines is 1. The minimum absolute atomic E-state index is 0.0447. The smallest absolute Gasteiger partial charge is 0.272 e. The molecular weight excluding hydrogens is 433 g/mol. The normalized spacial score (nSPS) is 14.3. The molecule has 0 radical (unpaired) electrons. The second-order valence-corrected chi connectivity index (χ2v) is 8.41. The van der Waals surface area contributed by atoms with Crippen molar-refractivity contribution in [1.82, 2.24) is 35.0 Å². The Morgan fingerprint density at radius 3 is 2.78 bits per heavy atom. The molecule has 0 atom stereocenters. The number of H-pyrrole nitrogens is 1. The summed E-state index contributed by atoms with van der Waals surface area (Å²) in [4.78, 5) is 29.0. The van der Waals surface area contributed by atoms with Gasteiger partial charge < -0.3 is 10.3 Å². The molecule has 1 aliphatic rings. The second-order valence-electron chi connectivity index (χ2n) is 8.08. The molecule has 164 valence electrons. The topological polar surface area (TPSA) is 101 Å². The summed E-state index contributed by atoms with van der Waals surface area (Å²) in [5, 5.41) is 6.88. The number of hydrogen-bond donors (Lipinski definition) is 2. The van der Waals surface area contributed by atoms with Crippen LogP contribution in [0.5, 0.6) is 0 Å². The summed E-state index contributed by atoms with van der Waals surface area (Å²) in [5.74, 6) is 0.317. The number of nitrogens with one attached hydrogen (secondary N) is 2. The van der Waals surface area contributed by atoms with E-state index in [1.54, 1.807) is 24.1 Å². The van der Waals surface area contributed by atoms with Crippen LogP contribution in [0.2, 0.25) is 5.28 Å². The minimum atomic E-state index is -0.437. The lowest BCUT2D eigenvalue weighted by atomic mass is 10.1. The van der Waals surface area contributed by atoms with Gasteiger partial charge >= 0.3 is 0 Å². The molecular formula is C22H21ClFN7O. The Hall–Kier alpha value is -3.33. The molecule has 8 nitrogen and oxygen atoms in total. The quantitative estimate of drug-likeness (QED) is 0.442. The molecule has 0 aliphatic heterocycles. The molecule has 32 heavy (non-hydrogen) atoms. The van der Waals surface area contributed by atoms with Gasteiger partial charge in [0.1, 0.15) is 17.2 Å².